The van der Waals surface area contributed by atoms with Crippen LogP contribution in [0, 0.1) is 0 Å². The lowest BCUT2D eigenvalue weighted by molar-refractivity contribution is -0.126. The number of likely N-dealkylation sites (N-methyl/N-ethyl adjacent to an activating group) is 1. The minimum atomic E-state index is 0.0227. The summed E-state index contributed by atoms with van der Waals surface area (Å²) in [5.74, 6) is 0.812. The SMILES string of the molecule is COc1cccc(C=CC(=O)N(C)C2CCc3ccccc32)c1. The quantitative estimate of drug-likeness (QED) is 0.803. The van der Waals surface area contributed by atoms with Crippen LogP contribution < -0.4 is 4.74 Å². The van der Waals surface area contributed by atoms with Gasteiger partial charge in [-0.15, -0.1) is 0 Å². The minimum Gasteiger partial charge on any atom is -0.497 e. The Labute approximate surface area is 137 Å². The van der Waals surface area contributed by atoms with Crippen molar-refractivity contribution in [2.24, 2.45) is 0 Å². The second-order valence-electron chi connectivity index (χ2n) is 5.81. The van der Waals surface area contributed by atoms with Crippen LogP contribution in [0.3, 0.4) is 0 Å². The Bertz CT molecular complexity index is 736. The second-order valence-corrected chi connectivity index (χ2v) is 5.81. The van der Waals surface area contributed by atoms with Gasteiger partial charge in [0, 0.05) is 13.1 Å². The maximum Gasteiger partial charge on any atom is 0.246 e. The monoisotopic (exact) mass is 307 g/mol. The number of nitrogens with zero attached hydrogens (tertiary/aromatic N) is 1. The Hall–Kier alpha value is -2.55. The molecule has 0 bridgehead atoms. The van der Waals surface area contributed by atoms with E-state index in [2.05, 4.69) is 18.2 Å². The molecule has 1 aliphatic carbocycles. The Morgan fingerprint density at radius 1 is 1.22 bits per heavy atom. The summed E-state index contributed by atoms with van der Waals surface area (Å²) in [7, 11) is 3.52. The highest BCUT2D eigenvalue weighted by Gasteiger charge is 2.27. The molecule has 2 aromatic carbocycles. The standard InChI is InChI=1S/C20H21NO2/c1-21(19-12-11-16-7-3-4-9-18(16)19)20(22)13-10-15-6-5-8-17(14-15)23-2/h3-10,13-14,19H,11-12H2,1-2H3. The van der Waals surface area contributed by atoms with Gasteiger partial charge in [-0.05, 0) is 47.7 Å². The zero-order valence-electron chi connectivity index (χ0n) is 13.5. The van der Waals surface area contributed by atoms with Crippen LogP contribution in [-0.4, -0.2) is 25.0 Å². The molecule has 3 nitrogen and oxygen atoms in total. The van der Waals surface area contributed by atoms with Crippen molar-refractivity contribution in [3.63, 3.8) is 0 Å². The number of methoxy groups -OCH3 is 1. The predicted molar refractivity (Wildman–Crippen MR) is 92.3 cm³/mol. The van der Waals surface area contributed by atoms with Gasteiger partial charge in [0.25, 0.3) is 0 Å². The van der Waals surface area contributed by atoms with E-state index < -0.39 is 0 Å². The summed E-state index contributed by atoms with van der Waals surface area (Å²) < 4.78 is 5.20. The van der Waals surface area contributed by atoms with Gasteiger partial charge >= 0.3 is 0 Å². The smallest absolute Gasteiger partial charge is 0.246 e. The Kier molecular flexibility index (Phi) is 4.47. The first-order valence-electron chi connectivity index (χ1n) is 7.86. The molecule has 0 spiro atoms. The lowest BCUT2D eigenvalue weighted by Gasteiger charge is -2.24. The van der Waals surface area contributed by atoms with Crippen LogP contribution in [0.2, 0.25) is 0 Å². The molecule has 0 radical (unpaired) electrons. The van der Waals surface area contributed by atoms with Crippen molar-refractivity contribution in [2.45, 2.75) is 18.9 Å². The molecule has 1 aliphatic rings. The van der Waals surface area contributed by atoms with Gasteiger partial charge in [0.05, 0.1) is 13.2 Å². The third-order valence-electron chi connectivity index (χ3n) is 4.43. The van der Waals surface area contributed by atoms with Crippen LogP contribution in [0.5, 0.6) is 5.75 Å². The van der Waals surface area contributed by atoms with Crippen molar-refractivity contribution >= 4 is 12.0 Å². The van der Waals surface area contributed by atoms with Crippen molar-refractivity contribution in [1.29, 1.82) is 0 Å². The number of hydrogen-bond acceptors (Lipinski definition) is 2. The minimum absolute atomic E-state index is 0.0227. The molecule has 0 aliphatic heterocycles. The molecular weight excluding hydrogens is 286 g/mol. The summed E-state index contributed by atoms with van der Waals surface area (Å²) in [4.78, 5) is 14.3. The van der Waals surface area contributed by atoms with E-state index >= 15 is 0 Å². The van der Waals surface area contributed by atoms with Crippen LogP contribution in [0.25, 0.3) is 6.08 Å². The number of aryl methyl sites for hydroxylation is 1. The number of amides is 1. The van der Waals surface area contributed by atoms with Gasteiger partial charge in [-0.25, -0.2) is 0 Å². The van der Waals surface area contributed by atoms with Crippen molar-refractivity contribution in [2.75, 3.05) is 14.2 Å². The zero-order chi connectivity index (χ0) is 16.2. The molecule has 0 N–H and O–H groups in total. The molecule has 23 heavy (non-hydrogen) atoms. The van der Waals surface area contributed by atoms with E-state index in [-0.39, 0.29) is 11.9 Å². The molecular formula is C20H21NO2. The van der Waals surface area contributed by atoms with E-state index in [1.54, 1.807) is 13.2 Å². The highest BCUT2D eigenvalue weighted by Crippen LogP contribution is 2.34. The summed E-state index contributed by atoms with van der Waals surface area (Å²) in [6.45, 7) is 0. The van der Waals surface area contributed by atoms with Crippen LogP contribution in [0.15, 0.2) is 54.6 Å². The molecule has 0 saturated heterocycles. The van der Waals surface area contributed by atoms with Crippen LogP contribution in [-0.2, 0) is 11.2 Å². The first-order valence-corrected chi connectivity index (χ1v) is 7.86. The maximum atomic E-state index is 12.5. The number of fused-ring (bicyclic) bond motifs is 1. The number of carbonyl (C=O) groups is 1. The first kappa shape index (κ1) is 15.3. The van der Waals surface area contributed by atoms with Gasteiger partial charge < -0.3 is 9.64 Å². The number of rotatable bonds is 4. The summed E-state index contributed by atoms with van der Waals surface area (Å²) in [5, 5.41) is 0. The highest BCUT2D eigenvalue weighted by atomic mass is 16.5. The van der Waals surface area contributed by atoms with Crippen molar-refractivity contribution < 1.29 is 9.53 Å². The summed E-state index contributed by atoms with van der Waals surface area (Å²) >= 11 is 0. The van der Waals surface area contributed by atoms with Crippen LogP contribution in [0.1, 0.15) is 29.2 Å². The average Bonchev–Trinajstić information content (AvgIpc) is 3.03. The lowest BCUT2D eigenvalue weighted by atomic mass is 10.1. The van der Waals surface area contributed by atoms with Gasteiger partial charge in [0.1, 0.15) is 5.75 Å². The van der Waals surface area contributed by atoms with Gasteiger partial charge in [-0.2, -0.15) is 0 Å². The van der Waals surface area contributed by atoms with Crippen LogP contribution in [0.4, 0.5) is 0 Å². The fraction of sp³-hybridized carbons (Fsp3) is 0.250. The largest absolute Gasteiger partial charge is 0.497 e. The van der Waals surface area contributed by atoms with E-state index in [0.29, 0.717) is 0 Å². The first-order chi connectivity index (χ1) is 11.2. The van der Waals surface area contributed by atoms with E-state index in [0.717, 1.165) is 24.2 Å². The summed E-state index contributed by atoms with van der Waals surface area (Å²) in [6, 6.07) is 16.2. The molecule has 0 saturated carbocycles. The second kappa shape index (κ2) is 6.69. The van der Waals surface area contributed by atoms with Crippen molar-refractivity contribution in [3.05, 3.63) is 71.3 Å². The maximum absolute atomic E-state index is 12.5. The highest BCUT2D eigenvalue weighted by molar-refractivity contribution is 5.92. The van der Waals surface area contributed by atoms with Gasteiger partial charge in [0.2, 0.25) is 5.91 Å². The molecule has 0 fully saturated rings. The molecule has 2 aromatic rings. The zero-order valence-corrected chi connectivity index (χ0v) is 13.5. The van der Waals surface area contributed by atoms with E-state index in [4.69, 9.17) is 4.74 Å². The van der Waals surface area contributed by atoms with E-state index in [9.17, 15) is 4.79 Å². The normalized spacial score (nSPS) is 16.3. The Morgan fingerprint density at radius 3 is 2.87 bits per heavy atom. The van der Waals surface area contributed by atoms with E-state index in [1.165, 1.54) is 11.1 Å². The topological polar surface area (TPSA) is 29.5 Å². The molecule has 0 aromatic heterocycles. The molecule has 1 unspecified atom stereocenters. The van der Waals surface area contributed by atoms with Crippen molar-refractivity contribution in [3.8, 4) is 5.75 Å². The fourth-order valence-corrected chi connectivity index (χ4v) is 3.12. The Balaban J connectivity index is 1.72. The molecule has 118 valence electrons. The van der Waals surface area contributed by atoms with Gasteiger partial charge in [0.15, 0.2) is 0 Å². The number of carbonyl (C=O) groups excluding carboxylic acids is 1. The molecule has 3 heteroatoms. The number of ether oxygens (including phenoxy) is 1. The van der Waals surface area contributed by atoms with E-state index in [1.807, 2.05) is 48.4 Å². The molecule has 3 rings (SSSR count). The molecule has 1 atom stereocenters. The number of benzene rings is 2. The number of hydrogen-bond donors (Lipinski definition) is 0. The fourth-order valence-electron chi connectivity index (χ4n) is 3.12. The third kappa shape index (κ3) is 3.29. The molecule has 1 amide bonds. The third-order valence-corrected chi connectivity index (χ3v) is 4.43. The predicted octanol–water partition coefficient (Wildman–Crippen LogP) is 3.85. The van der Waals surface area contributed by atoms with Crippen LogP contribution >= 0.6 is 0 Å². The van der Waals surface area contributed by atoms with Gasteiger partial charge in [-0.3, -0.25) is 4.79 Å². The Morgan fingerprint density at radius 2 is 2.04 bits per heavy atom. The summed E-state index contributed by atoms with van der Waals surface area (Å²) in [6.07, 6.45) is 5.50. The molecule has 0 heterocycles. The van der Waals surface area contributed by atoms with Crippen molar-refractivity contribution in [1.82, 2.24) is 4.90 Å². The summed E-state index contributed by atoms with van der Waals surface area (Å²) in [5.41, 5.74) is 3.59. The lowest BCUT2D eigenvalue weighted by Crippen LogP contribution is -2.28. The average molecular weight is 307 g/mol. The van der Waals surface area contributed by atoms with Gasteiger partial charge in [-0.1, -0.05) is 36.4 Å².